The second kappa shape index (κ2) is 7.65. The molecule has 0 aromatic carbocycles. The molecule has 4 heterocycles. The number of piperidine rings is 1. The number of carbonyl (C=O) groups is 1. The molecular weight excluding hydrogens is 340 g/mol. The predicted octanol–water partition coefficient (Wildman–Crippen LogP) is 2.44. The van der Waals surface area contributed by atoms with Gasteiger partial charge in [0.2, 0.25) is 0 Å². The molecule has 0 aliphatic carbocycles. The SMILES string of the molecule is Cc1ncncc1C(=O)N1CCCC(c2nccn2Cc2ccncc2)C1. The van der Waals surface area contributed by atoms with E-state index in [1.54, 1.807) is 18.6 Å². The monoisotopic (exact) mass is 362 g/mol. The maximum atomic E-state index is 12.9. The molecule has 7 nitrogen and oxygen atoms in total. The Bertz CT molecular complexity index is 923. The lowest BCUT2D eigenvalue weighted by molar-refractivity contribution is 0.0701. The van der Waals surface area contributed by atoms with Crippen molar-refractivity contribution < 1.29 is 4.79 Å². The summed E-state index contributed by atoms with van der Waals surface area (Å²) in [5.74, 6) is 1.26. The maximum absolute atomic E-state index is 12.9. The highest BCUT2D eigenvalue weighted by molar-refractivity contribution is 5.95. The Morgan fingerprint density at radius 2 is 2.04 bits per heavy atom. The molecule has 1 aliphatic heterocycles. The number of likely N-dealkylation sites (tertiary alicyclic amines) is 1. The van der Waals surface area contributed by atoms with Gasteiger partial charge in [0.15, 0.2) is 0 Å². The molecule has 1 fully saturated rings. The average molecular weight is 362 g/mol. The summed E-state index contributed by atoms with van der Waals surface area (Å²) < 4.78 is 2.17. The highest BCUT2D eigenvalue weighted by Gasteiger charge is 2.28. The van der Waals surface area contributed by atoms with Crippen LogP contribution in [0.4, 0.5) is 0 Å². The first-order valence-corrected chi connectivity index (χ1v) is 9.18. The van der Waals surface area contributed by atoms with Gasteiger partial charge in [0.1, 0.15) is 12.2 Å². The molecule has 3 aromatic heterocycles. The van der Waals surface area contributed by atoms with Gasteiger partial charge in [-0.1, -0.05) is 0 Å². The molecule has 0 saturated carbocycles. The molecule has 1 atom stereocenters. The van der Waals surface area contributed by atoms with Gasteiger partial charge in [-0.3, -0.25) is 9.78 Å². The summed E-state index contributed by atoms with van der Waals surface area (Å²) >= 11 is 0. The van der Waals surface area contributed by atoms with E-state index in [-0.39, 0.29) is 11.8 Å². The molecule has 3 aromatic rings. The number of imidazole rings is 1. The van der Waals surface area contributed by atoms with E-state index < -0.39 is 0 Å². The minimum Gasteiger partial charge on any atom is -0.338 e. The lowest BCUT2D eigenvalue weighted by atomic mass is 9.96. The fourth-order valence-corrected chi connectivity index (χ4v) is 3.64. The summed E-state index contributed by atoms with van der Waals surface area (Å²) in [5, 5.41) is 0. The van der Waals surface area contributed by atoms with Crippen LogP contribution in [0.2, 0.25) is 0 Å². The van der Waals surface area contributed by atoms with Gasteiger partial charge in [-0.05, 0) is 37.5 Å². The van der Waals surface area contributed by atoms with Gasteiger partial charge in [0.25, 0.3) is 5.91 Å². The Morgan fingerprint density at radius 1 is 1.19 bits per heavy atom. The van der Waals surface area contributed by atoms with E-state index >= 15 is 0 Å². The van der Waals surface area contributed by atoms with Crippen molar-refractivity contribution in [3.63, 3.8) is 0 Å². The van der Waals surface area contributed by atoms with Crippen LogP contribution in [0.5, 0.6) is 0 Å². The number of aryl methyl sites for hydroxylation is 1. The minimum absolute atomic E-state index is 0.00467. The third-order valence-corrected chi connectivity index (χ3v) is 5.07. The molecule has 1 amide bonds. The number of carbonyl (C=O) groups excluding carboxylic acids is 1. The van der Waals surface area contributed by atoms with Crippen molar-refractivity contribution >= 4 is 5.91 Å². The molecule has 4 rings (SSSR count). The lowest BCUT2D eigenvalue weighted by Gasteiger charge is -2.33. The standard InChI is InChI=1S/C20H22N6O/c1-15-18(11-22-14-24-15)20(27)26-9-2-3-17(13-26)19-23-8-10-25(19)12-16-4-6-21-7-5-16/h4-8,10-11,14,17H,2-3,9,12-13H2,1H3. The van der Waals surface area contributed by atoms with Crippen molar-refractivity contribution in [1.82, 2.24) is 29.4 Å². The second-order valence-corrected chi connectivity index (χ2v) is 6.88. The number of pyridine rings is 1. The van der Waals surface area contributed by atoms with Crippen LogP contribution >= 0.6 is 0 Å². The Balaban J connectivity index is 1.52. The zero-order valence-electron chi connectivity index (χ0n) is 15.3. The van der Waals surface area contributed by atoms with Crippen LogP contribution in [-0.4, -0.2) is 48.4 Å². The summed E-state index contributed by atoms with van der Waals surface area (Å²) in [6.45, 7) is 4.03. The van der Waals surface area contributed by atoms with Gasteiger partial charge in [-0.2, -0.15) is 0 Å². The van der Waals surface area contributed by atoms with Crippen molar-refractivity contribution in [2.75, 3.05) is 13.1 Å². The number of aromatic nitrogens is 5. The van der Waals surface area contributed by atoms with Gasteiger partial charge in [-0.15, -0.1) is 0 Å². The number of nitrogens with zero attached hydrogens (tertiary/aromatic N) is 6. The zero-order valence-corrected chi connectivity index (χ0v) is 15.3. The van der Waals surface area contributed by atoms with Crippen LogP contribution < -0.4 is 0 Å². The van der Waals surface area contributed by atoms with Gasteiger partial charge >= 0.3 is 0 Å². The number of rotatable bonds is 4. The van der Waals surface area contributed by atoms with Crippen LogP contribution in [-0.2, 0) is 6.54 Å². The van der Waals surface area contributed by atoms with E-state index in [2.05, 4.69) is 24.5 Å². The van der Waals surface area contributed by atoms with E-state index in [0.29, 0.717) is 12.1 Å². The Morgan fingerprint density at radius 3 is 2.85 bits per heavy atom. The van der Waals surface area contributed by atoms with E-state index in [1.165, 1.54) is 11.9 Å². The zero-order chi connectivity index (χ0) is 18.6. The van der Waals surface area contributed by atoms with Crippen LogP contribution in [0, 0.1) is 6.92 Å². The van der Waals surface area contributed by atoms with Crippen molar-refractivity contribution in [3.8, 4) is 0 Å². The Labute approximate surface area is 158 Å². The molecule has 0 radical (unpaired) electrons. The maximum Gasteiger partial charge on any atom is 0.257 e. The molecule has 1 aliphatic rings. The fourth-order valence-electron chi connectivity index (χ4n) is 3.64. The molecule has 0 bridgehead atoms. The van der Waals surface area contributed by atoms with Crippen LogP contribution in [0.1, 0.15) is 46.2 Å². The molecule has 0 N–H and O–H groups in total. The third-order valence-electron chi connectivity index (χ3n) is 5.07. The lowest BCUT2D eigenvalue weighted by Crippen LogP contribution is -2.40. The summed E-state index contributed by atoms with van der Waals surface area (Å²) in [7, 11) is 0. The number of amides is 1. The van der Waals surface area contributed by atoms with Gasteiger partial charge in [0, 0.05) is 56.5 Å². The highest BCUT2D eigenvalue weighted by Crippen LogP contribution is 2.27. The molecule has 1 unspecified atom stereocenters. The van der Waals surface area contributed by atoms with Crippen LogP contribution in [0.3, 0.4) is 0 Å². The molecule has 138 valence electrons. The van der Waals surface area contributed by atoms with E-state index in [9.17, 15) is 4.79 Å². The molecule has 27 heavy (non-hydrogen) atoms. The van der Waals surface area contributed by atoms with Gasteiger partial charge in [0.05, 0.1) is 11.3 Å². The topological polar surface area (TPSA) is 76.8 Å². The molecular formula is C20H22N6O. The Hall–Kier alpha value is -3.09. The van der Waals surface area contributed by atoms with Crippen molar-refractivity contribution in [2.45, 2.75) is 32.2 Å². The fraction of sp³-hybridized carbons (Fsp3) is 0.350. The first-order valence-electron chi connectivity index (χ1n) is 9.18. The average Bonchev–Trinajstić information content (AvgIpc) is 3.17. The number of hydrogen-bond donors (Lipinski definition) is 0. The first kappa shape index (κ1) is 17.3. The largest absolute Gasteiger partial charge is 0.338 e. The van der Waals surface area contributed by atoms with Crippen molar-refractivity contribution in [1.29, 1.82) is 0 Å². The summed E-state index contributed by atoms with van der Waals surface area (Å²) in [6.07, 6.45) is 12.5. The molecule has 0 spiro atoms. The second-order valence-electron chi connectivity index (χ2n) is 6.88. The smallest absolute Gasteiger partial charge is 0.257 e. The first-order chi connectivity index (χ1) is 13.2. The summed E-state index contributed by atoms with van der Waals surface area (Å²) in [6, 6.07) is 4.03. The quantitative estimate of drug-likeness (QED) is 0.712. The summed E-state index contributed by atoms with van der Waals surface area (Å²) in [4.78, 5) is 31.7. The van der Waals surface area contributed by atoms with E-state index in [1.807, 2.05) is 36.4 Å². The third kappa shape index (κ3) is 3.72. The van der Waals surface area contributed by atoms with Gasteiger partial charge in [-0.25, -0.2) is 15.0 Å². The van der Waals surface area contributed by atoms with Crippen molar-refractivity contribution in [3.05, 3.63) is 72.1 Å². The predicted molar refractivity (Wildman–Crippen MR) is 100 cm³/mol. The molecule has 7 heteroatoms. The van der Waals surface area contributed by atoms with Gasteiger partial charge < -0.3 is 9.47 Å². The summed E-state index contributed by atoms with van der Waals surface area (Å²) in [5.41, 5.74) is 2.49. The van der Waals surface area contributed by atoms with E-state index in [4.69, 9.17) is 0 Å². The van der Waals surface area contributed by atoms with Crippen LogP contribution in [0.15, 0.2) is 49.4 Å². The minimum atomic E-state index is 0.00467. The van der Waals surface area contributed by atoms with E-state index in [0.717, 1.165) is 37.4 Å². The molecule has 1 saturated heterocycles. The highest BCUT2D eigenvalue weighted by atomic mass is 16.2. The Kier molecular flexibility index (Phi) is 4.91. The number of hydrogen-bond acceptors (Lipinski definition) is 5. The van der Waals surface area contributed by atoms with Crippen molar-refractivity contribution in [2.24, 2.45) is 0 Å². The normalized spacial score (nSPS) is 17.1. The van der Waals surface area contributed by atoms with Crippen LogP contribution in [0.25, 0.3) is 0 Å².